The average molecular weight is 341 g/mol. The van der Waals surface area contributed by atoms with E-state index in [0.717, 1.165) is 34.2 Å². The van der Waals surface area contributed by atoms with Crippen LogP contribution in [0.15, 0.2) is 24.4 Å². The van der Waals surface area contributed by atoms with E-state index in [9.17, 15) is 8.42 Å². The van der Waals surface area contributed by atoms with Gasteiger partial charge in [0.05, 0.1) is 40.6 Å². The summed E-state index contributed by atoms with van der Waals surface area (Å²) in [5.41, 5.74) is 2.91. The van der Waals surface area contributed by atoms with Gasteiger partial charge in [0.25, 0.3) is 0 Å². The number of sulfonamides is 1. The Kier molecular flexibility index (Phi) is 3.30. The van der Waals surface area contributed by atoms with Gasteiger partial charge in [-0.25, -0.2) is 17.7 Å². The summed E-state index contributed by atoms with van der Waals surface area (Å²) in [6.07, 6.45) is 3.69. The molecule has 1 aliphatic rings. The van der Waals surface area contributed by atoms with Gasteiger partial charge in [0.15, 0.2) is 0 Å². The SMILES string of the molecule is CS(=O)(=O)N1CC[C@H](c2nc3c(cnc4ccc(C#N)cc43)[nH]2)C1. The molecule has 1 atom stereocenters. The molecule has 0 saturated carbocycles. The molecule has 1 fully saturated rings. The van der Waals surface area contributed by atoms with Crippen molar-refractivity contribution in [1.29, 1.82) is 5.26 Å². The normalized spacial score (nSPS) is 19.1. The highest BCUT2D eigenvalue weighted by atomic mass is 32.2. The van der Waals surface area contributed by atoms with Crippen molar-refractivity contribution in [3.8, 4) is 6.07 Å². The summed E-state index contributed by atoms with van der Waals surface area (Å²) in [5, 5.41) is 9.92. The highest BCUT2D eigenvalue weighted by Crippen LogP contribution is 2.30. The fourth-order valence-electron chi connectivity index (χ4n) is 3.19. The van der Waals surface area contributed by atoms with Crippen LogP contribution in [0.4, 0.5) is 0 Å². The van der Waals surface area contributed by atoms with Crippen LogP contribution in [0.25, 0.3) is 21.9 Å². The summed E-state index contributed by atoms with van der Waals surface area (Å²) < 4.78 is 24.8. The highest BCUT2D eigenvalue weighted by Gasteiger charge is 2.31. The molecule has 0 aliphatic carbocycles. The van der Waals surface area contributed by atoms with Gasteiger partial charge in [-0.2, -0.15) is 5.26 Å². The summed E-state index contributed by atoms with van der Waals surface area (Å²) >= 11 is 0. The van der Waals surface area contributed by atoms with Crippen LogP contribution in [0.2, 0.25) is 0 Å². The van der Waals surface area contributed by atoms with E-state index in [1.807, 2.05) is 6.07 Å². The molecular formula is C16H15N5O2S. The molecule has 3 aromatic rings. The van der Waals surface area contributed by atoms with Gasteiger partial charge < -0.3 is 4.98 Å². The molecule has 24 heavy (non-hydrogen) atoms. The Morgan fingerprint density at radius 3 is 2.96 bits per heavy atom. The number of aromatic nitrogens is 3. The van der Waals surface area contributed by atoms with E-state index in [1.165, 1.54) is 10.6 Å². The first kappa shape index (κ1) is 15.1. The number of benzene rings is 1. The number of aromatic amines is 1. The third-order valence-electron chi connectivity index (χ3n) is 4.47. The monoisotopic (exact) mass is 341 g/mol. The first-order valence-electron chi connectivity index (χ1n) is 7.59. The van der Waals surface area contributed by atoms with Crippen LogP contribution < -0.4 is 0 Å². The van der Waals surface area contributed by atoms with E-state index < -0.39 is 10.0 Å². The van der Waals surface area contributed by atoms with Crippen molar-refractivity contribution in [3.05, 3.63) is 35.8 Å². The van der Waals surface area contributed by atoms with Crippen molar-refractivity contribution >= 4 is 32.0 Å². The predicted octanol–water partition coefficient (Wildman–Crippen LogP) is 1.73. The fraction of sp³-hybridized carbons (Fsp3) is 0.312. The Labute approximate surface area is 139 Å². The molecule has 1 N–H and O–H groups in total. The van der Waals surface area contributed by atoms with Crippen LogP contribution >= 0.6 is 0 Å². The van der Waals surface area contributed by atoms with Crippen molar-refractivity contribution in [1.82, 2.24) is 19.3 Å². The minimum atomic E-state index is -3.17. The largest absolute Gasteiger partial charge is 0.340 e. The Bertz CT molecular complexity index is 1100. The molecule has 1 aromatic carbocycles. The Hall–Kier alpha value is -2.50. The summed E-state index contributed by atoms with van der Waals surface area (Å²) in [7, 11) is -3.17. The quantitative estimate of drug-likeness (QED) is 0.764. The number of nitriles is 1. The molecule has 8 heteroatoms. The van der Waals surface area contributed by atoms with Crippen molar-refractivity contribution in [2.75, 3.05) is 19.3 Å². The Morgan fingerprint density at radius 2 is 2.25 bits per heavy atom. The average Bonchev–Trinajstić information content (AvgIpc) is 3.20. The molecule has 122 valence electrons. The minimum absolute atomic E-state index is 0.0429. The highest BCUT2D eigenvalue weighted by molar-refractivity contribution is 7.88. The van der Waals surface area contributed by atoms with Crippen LogP contribution in [-0.2, 0) is 10.0 Å². The van der Waals surface area contributed by atoms with Crippen LogP contribution in [0.1, 0.15) is 23.7 Å². The van der Waals surface area contributed by atoms with Crippen molar-refractivity contribution in [2.24, 2.45) is 0 Å². The standard InChI is InChI=1S/C16H15N5O2S/c1-24(22,23)21-5-4-11(9-21)16-19-14-8-18-13-3-2-10(7-17)6-12(13)15(14)20-16/h2-3,6,8,11H,4-5,9H2,1H3,(H,19,20)/t11-/m0/s1. The smallest absolute Gasteiger partial charge is 0.211 e. The molecule has 0 radical (unpaired) electrons. The molecule has 2 aromatic heterocycles. The number of hydrogen-bond acceptors (Lipinski definition) is 5. The number of rotatable bonds is 2. The molecule has 0 bridgehead atoms. The minimum Gasteiger partial charge on any atom is -0.340 e. The van der Waals surface area contributed by atoms with Crippen LogP contribution in [-0.4, -0.2) is 47.0 Å². The van der Waals surface area contributed by atoms with Crippen LogP contribution in [0.5, 0.6) is 0 Å². The number of pyridine rings is 1. The summed E-state index contributed by atoms with van der Waals surface area (Å²) in [6.45, 7) is 0.950. The molecular weight excluding hydrogens is 326 g/mol. The van der Waals surface area contributed by atoms with Gasteiger partial charge >= 0.3 is 0 Å². The summed E-state index contributed by atoms with van der Waals surface area (Å²) in [6, 6.07) is 7.45. The molecule has 1 saturated heterocycles. The predicted molar refractivity (Wildman–Crippen MR) is 89.9 cm³/mol. The first-order chi connectivity index (χ1) is 11.5. The Morgan fingerprint density at radius 1 is 1.42 bits per heavy atom. The second kappa shape index (κ2) is 5.26. The fourth-order valence-corrected chi connectivity index (χ4v) is 4.08. The lowest BCUT2D eigenvalue weighted by molar-refractivity contribution is 0.477. The van der Waals surface area contributed by atoms with Gasteiger partial charge in [-0.15, -0.1) is 0 Å². The van der Waals surface area contributed by atoms with Crippen molar-refractivity contribution < 1.29 is 8.42 Å². The maximum atomic E-state index is 11.7. The topological polar surface area (TPSA) is 103 Å². The first-order valence-corrected chi connectivity index (χ1v) is 9.44. The Balaban J connectivity index is 1.79. The van der Waals surface area contributed by atoms with E-state index in [1.54, 1.807) is 18.3 Å². The van der Waals surface area contributed by atoms with Crippen LogP contribution in [0.3, 0.4) is 0 Å². The number of hydrogen-bond donors (Lipinski definition) is 1. The van der Waals surface area contributed by atoms with Gasteiger partial charge in [0, 0.05) is 24.4 Å². The van der Waals surface area contributed by atoms with Gasteiger partial charge in [0.2, 0.25) is 10.0 Å². The number of fused-ring (bicyclic) bond motifs is 3. The lowest BCUT2D eigenvalue weighted by Crippen LogP contribution is -2.27. The van der Waals surface area contributed by atoms with E-state index in [4.69, 9.17) is 5.26 Å². The second-order valence-electron chi connectivity index (χ2n) is 6.09. The lowest BCUT2D eigenvalue weighted by atomic mass is 10.1. The van der Waals surface area contributed by atoms with E-state index >= 15 is 0 Å². The second-order valence-corrected chi connectivity index (χ2v) is 8.08. The summed E-state index contributed by atoms with van der Waals surface area (Å²) in [5.74, 6) is 0.814. The van der Waals surface area contributed by atoms with E-state index in [2.05, 4.69) is 21.0 Å². The molecule has 4 rings (SSSR count). The molecule has 7 nitrogen and oxygen atoms in total. The van der Waals surface area contributed by atoms with E-state index in [-0.39, 0.29) is 5.92 Å². The van der Waals surface area contributed by atoms with Gasteiger partial charge in [-0.1, -0.05) is 0 Å². The molecule has 3 heterocycles. The van der Waals surface area contributed by atoms with Gasteiger partial charge in [-0.05, 0) is 24.6 Å². The zero-order chi connectivity index (χ0) is 16.9. The molecule has 1 aliphatic heterocycles. The molecule has 0 spiro atoms. The van der Waals surface area contributed by atoms with Gasteiger partial charge in [0.1, 0.15) is 5.82 Å². The number of H-pyrrole nitrogens is 1. The third-order valence-corrected chi connectivity index (χ3v) is 5.74. The third kappa shape index (κ3) is 2.42. The zero-order valence-electron chi connectivity index (χ0n) is 13.0. The zero-order valence-corrected chi connectivity index (χ0v) is 13.8. The number of nitrogens with one attached hydrogen (secondary N) is 1. The summed E-state index contributed by atoms with van der Waals surface area (Å²) in [4.78, 5) is 12.3. The maximum absolute atomic E-state index is 11.7. The maximum Gasteiger partial charge on any atom is 0.211 e. The van der Waals surface area contributed by atoms with Gasteiger partial charge in [-0.3, -0.25) is 4.98 Å². The van der Waals surface area contributed by atoms with Crippen molar-refractivity contribution in [2.45, 2.75) is 12.3 Å². The lowest BCUT2D eigenvalue weighted by Gasteiger charge is -2.11. The molecule has 0 unspecified atom stereocenters. The van der Waals surface area contributed by atoms with Crippen molar-refractivity contribution in [3.63, 3.8) is 0 Å². The number of nitrogens with zero attached hydrogens (tertiary/aromatic N) is 4. The van der Waals surface area contributed by atoms with Crippen LogP contribution in [0, 0.1) is 11.3 Å². The van der Waals surface area contributed by atoms with E-state index in [0.29, 0.717) is 18.7 Å². The number of imidazole rings is 1. The molecule has 0 amide bonds.